The van der Waals surface area contributed by atoms with Crippen LogP contribution in [0.15, 0.2) is 30.9 Å². The minimum Gasteiger partial charge on any atom is -0.507 e. The van der Waals surface area contributed by atoms with E-state index in [0.717, 1.165) is 30.0 Å². The van der Waals surface area contributed by atoms with Crippen molar-refractivity contribution in [3.05, 3.63) is 42.0 Å². The van der Waals surface area contributed by atoms with Crippen LogP contribution in [0, 0.1) is 0 Å². The number of nitrogens with one attached hydrogen (secondary N) is 1. The van der Waals surface area contributed by atoms with Gasteiger partial charge in [0, 0.05) is 43.2 Å². The van der Waals surface area contributed by atoms with Gasteiger partial charge < -0.3 is 19.7 Å². The lowest BCUT2D eigenvalue weighted by Crippen LogP contribution is -2.20. The van der Waals surface area contributed by atoms with E-state index < -0.39 is 0 Å². The topological polar surface area (TPSA) is 59.3 Å². The van der Waals surface area contributed by atoms with Gasteiger partial charge in [0.1, 0.15) is 11.5 Å². The molecular weight excluding hydrogens is 278 g/mol. The van der Waals surface area contributed by atoms with Gasteiger partial charge in [0.25, 0.3) is 0 Å². The fourth-order valence-electron chi connectivity index (χ4n) is 2.34. The molecule has 0 unspecified atom stereocenters. The van der Waals surface area contributed by atoms with Crippen molar-refractivity contribution < 1.29 is 9.84 Å². The maximum Gasteiger partial charge on any atom is 0.124 e. The average molecular weight is 303 g/mol. The molecule has 0 aliphatic heterocycles. The average Bonchev–Trinajstić information content (AvgIpc) is 2.97. The highest BCUT2D eigenvalue weighted by Gasteiger charge is 2.21. The number of ether oxygens (including phenoxy) is 1. The van der Waals surface area contributed by atoms with Crippen molar-refractivity contribution in [1.29, 1.82) is 0 Å². The van der Waals surface area contributed by atoms with Crippen molar-refractivity contribution in [3.8, 4) is 11.5 Å². The largest absolute Gasteiger partial charge is 0.507 e. The SMILES string of the molecule is COc1cc(CNCCn2ccnc2)c(O)c(C(C)(C)C)c1. The highest BCUT2D eigenvalue weighted by atomic mass is 16.5. The summed E-state index contributed by atoms with van der Waals surface area (Å²) in [6.45, 7) is 8.49. The second-order valence-corrected chi connectivity index (χ2v) is 6.41. The minimum atomic E-state index is -0.135. The Morgan fingerprint density at radius 2 is 2.09 bits per heavy atom. The van der Waals surface area contributed by atoms with Crippen molar-refractivity contribution in [2.75, 3.05) is 13.7 Å². The number of hydrogen-bond acceptors (Lipinski definition) is 4. The summed E-state index contributed by atoms with van der Waals surface area (Å²) in [4.78, 5) is 4.01. The Morgan fingerprint density at radius 1 is 1.32 bits per heavy atom. The van der Waals surface area contributed by atoms with Crippen LogP contribution in [-0.2, 0) is 18.5 Å². The van der Waals surface area contributed by atoms with E-state index in [9.17, 15) is 5.11 Å². The minimum absolute atomic E-state index is 0.135. The Bertz CT molecular complexity index is 601. The number of hydrogen-bond donors (Lipinski definition) is 2. The molecule has 1 heterocycles. The summed E-state index contributed by atoms with van der Waals surface area (Å²) in [5, 5.41) is 13.9. The molecule has 0 aliphatic carbocycles. The van der Waals surface area contributed by atoms with Crippen molar-refractivity contribution >= 4 is 0 Å². The van der Waals surface area contributed by atoms with E-state index >= 15 is 0 Å². The fraction of sp³-hybridized carbons (Fsp3) is 0.471. The summed E-state index contributed by atoms with van der Waals surface area (Å²) >= 11 is 0. The maximum absolute atomic E-state index is 10.5. The molecule has 0 saturated carbocycles. The Morgan fingerprint density at radius 3 is 2.68 bits per heavy atom. The Labute approximate surface area is 132 Å². The lowest BCUT2D eigenvalue weighted by atomic mass is 9.85. The van der Waals surface area contributed by atoms with Crippen LogP contribution in [0.25, 0.3) is 0 Å². The molecule has 5 heteroatoms. The standard InChI is InChI=1S/C17H25N3O2/c1-17(2,3)15-10-14(22-4)9-13(16(15)21)11-18-5-7-20-8-6-19-12-20/h6,8-10,12,18,21H,5,7,11H2,1-4H3. The van der Waals surface area contributed by atoms with Gasteiger partial charge in [-0.3, -0.25) is 0 Å². The number of imidazole rings is 1. The molecule has 2 N–H and O–H groups in total. The van der Waals surface area contributed by atoms with E-state index in [0.29, 0.717) is 12.3 Å². The number of benzene rings is 1. The summed E-state index contributed by atoms with van der Waals surface area (Å²) in [6, 6.07) is 3.79. The van der Waals surface area contributed by atoms with Crippen molar-refractivity contribution in [3.63, 3.8) is 0 Å². The summed E-state index contributed by atoms with van der Waals surface area (Å²) < 4.78 is 7.37. The third kappa shape index (κ3) is 4.01. The molecule has 5 nitrogen and oxygen atoms in total. The lowest BCUT2D eigenvalue weighted by Gasteiger charge is -2.23. The molecule has 0 saturated heterocycles. The van der Waals surface area contributed by atoms with Crippen LogP contribution >= 0.6 is 0 Å². The smallest absolute Gasteiger partial charge is 0.124 e. The molecule has 120 valence electrons. The molecule has 0 aliphatic rings. The number of methoxy groups -OCH3 is 1. The number of phenolic OH excluding ortho intramolecular Hbond substituents is 1. The molecule has 2 aromatic rings. The first-order valence-corrected chi connectivity index (χ1v) is 7.48. The number of phenols is 1. The predicted octanol–water partition coefficient (Wildman–Crippen LogP) is 2.68. The summed E-state index contributed by atoms with van der Waals surface area (Å²) in [7, 11) is 1.65. The van der Waals surface area contributed by atoms with Crippen LogP contribution < -0.4 is 10.1 Å². The molecule has 1 aromatic heterocycles. The van der Waals surface area contributed by atoms with E-state index in [1.54, 1.807) is 19.6 Å². The van der Waals surface area contributed by atoms with Gasteiger partial charge >= 0.3 is 0 Å². The number of nitrogens with zero attached hydrogens (tertiary/aromatic N) is 2. The quantitative estimate of drug-likeness (QED) is 0.806. The van der Waals surface area contributed by atoms with Crippen LogP contribution in [0.1, 0.15) is 31.9 Å². The predicted molar refractivity (Wildman–Crippen MR) is 87.3 cm³/mol. The molecule has 0 radical (unpaired) electrons. The first-order chi connectivity index (χ1) is 10.4. The highest BCUT2D eigenvalue weighted by Crippen LogP contribution is 2.36. The molecule has 0 amide bonds. The van der Waals surface area contributed by atoms with Gasteiger partial charge in [0.05, 0.1) is 13.4 Å². The van der Waals surface area contributed by atoms with Crippen molar-refractivity contribution in [2.45, 2.75) is 39.3 Å². The number of aromatic nitrogens is 2. The zero-order valence-electron chi connectivity index (χ0n) is 13.8. The van der Waals surface area contributed by atoms with Gasteiger partial charge in [-0.15, -0.1) is 0 Å². The van der Waals surface area contributed by atoms with Gasteiger partial charge in [-0.2, -0.15) is 0 Å². The summed E-state index contributed by atoms with van der Waals surface area (Å²) in [5.74, 6) is 1.12. The molecule has 0 bridgehead atoms. The molecule has 2 rings (SSSR count). The van der Waals surface area contributed by atoms with Gasteiger partial charge in [-0.1, -0.05) is 20.8 Å². The van der Waals surface area contributed by atoms with Crippen LogP contribution in [0.3, 0.4) is 0 Å². The van der Waals surface area contributed by atoms with E-state index in [4.69, 9.17) is 4.74 Å². The second kappa shape index (κ2) is 6.83. The number of aromatic hydroxyl groups is 1. The normalized spacial score (nSPS) is 11.6. The third-order valence-electron chi connectivity index (χ3n) is 3.63. The van der Waals surface area contributed by atoms with Gasteiger partial charge in [-0.05, 0) is 17.5 Å². The summed E-state index contributed by atoms with van der Waals surface area (Å²) in [5.41, 5.74) is 1.62. The lowest BCUT2D eigenvalue weighted by molar-refractivity contribution is 0.401. The Hall–Kier alpha value is -2.01. The van der Waals surface area contributed by atoms with Gasteiger partial charge in [0.2, 0.25) is 0 Å². The zero-order valence-corrected chi connectivity index (χ0v) is 13.8. The zero-order chi connectivity index (χ0) is 16.2. The van der Waals surface area contributed by atoms with Gasteiger partial charge in [0.15, 0.2) is 0 Å². The van der Waals surface area contributed by atoms with Crippen LogP contribution in [-0.4, -0.2) is 28.3 Å². The maximum atomic E-state index is 10.5. The molecule has 1 aromatic carbocycles. The highest BCUT2D eigenvalue weighted by molar-refractivity contribution is 5.49. The Balaban J connectivity index is 2.06. The molecule has 0 spiro atoms. The first-order valence-electron chi connectivity index (χ1n) is 7.48. The van der Waals surface area contributed by atoms with Crippen LogP contribution in [0.2, 0.25) is 0 Å². The first kappa shape index (κ1) is 16.4. The molecule has 22 heavy (non-hydrogen) atoms. The van der Waals surface area contributed by atoms with Gasteiger partial charge in [-0.25, -0.2) is 4.98 Å². The van der Waals surface area contributed by atoms with E-state index in [-0.39, 0.29) is 5.41 Å². The van der Waals surface area contributed by atoms with E-state index in [1.807, 2.05) is 22.9 Å². The number of rotatable bonds is 6. The van der Waals surface area contributed by atoms with Crippen molar-refractivity contribution in [1.82, 2.24) is 14.9 Å². The second-order valence-electron chi connectivity index (χ2n) is 6.41. The van der Waals surface area contributed by atoms with E-state index in [1.165, 1.54) is 0 Å². The van der Waals surface area contributed by atoms with Crippen LogP contribution in [0.4, 0.5) is 0 Å². The third-order valence-corrected chi connectivity index (χ3v) is 3.63. The Kier molecular flexibility index (Phi) is 5.08. The molecular formula is C17H25N3O2. The van der Waals surface area contributed by atoms with Crippen LogP contribution in [0.5, 0.6) is 11.5 Å². The fourth-order valence-corrected chi connectivity index (χ4v) is 2.34. The monoisotopic (exact) mass is 303 g/mol. The summed E-state index contributed by atoms with van der Waals surface area (Å²) in [6.07, 6.45) is 5.49. The molecule has 0 fully saturated rings. The van der Waals surface area contributed by atoms with Crippen molar-refractivity contribution in [2.24, 2.45) is 0 Å². The van der Waals surface area contributed by atoms with E-state index in [2.05, 4.69) is 31.1 Å². The molecule has 0 atom stereocenters.